The Morgan fingerprint density at radius 1 is 1.21 bits per heavy atom. The number of anilines is 2. The first-order chi connectivity index (χ1) is 13.4. The molecule has 28 heavy (non-hydrogen) atoms. The van der Waals surface area contributed by atoms with Gasteiger partial charge in [-0.1, -0.05) is 41.5 Å². The summed E-state index contributed by atoms with van der Waals surface area (Å²) in [5.74, 6) is 1.25. The first-order valence-electron chi connectivity index (χ1n) is 9.43. The van der Waals surface area contributed by atoms with Crippen molar-refractivity contribution in [1.82, 2.24) is 14.8 Å². The van der Waals surface area contributed by atoms with E-state index in [1.54, 1.807) is 0 Å². The molecule has 1 N–H and O–H groups in total. The van der Waals surface area contributed by atoms with E-state index in [0.29, 0.717) is 19.1 Å². The Balaban J connectivity index is 1.71. The summed E-state index contributed by atoms with van der Waals surface area (Å²) in [5, 5.41) is 12.2. The van der Waals surface area contributed by atoms with Crippen LogP contribution in [0.4, 0.5) is 11.6 Å². The van der Waals surface area contributed by atoms with Gasteiger partial charge in [0.05, 0.1) is 18.5 Å². The molecule has 0 aliphatic carbocycles. The normalized spacial score (nSPS) is 15.7. The largest absolute Gasteiger partial charge is 0.378 e. The molecule has 7 nitrogen and oxygen atoms in total. The molecule has 2 aromatic rings. The standard InChI is InChI=1S/C19H26BrN5O2S/c1-13(2)12-25-18(24-8-10-27-11-9-24)22-23-19(25)28-14(3)17(26)21-16-6-4-15(20)5-7-16/h4-7,13-14H,8-12H2,1-3H3,(H,21,26). The van der Waals surface area contributed by atoms with Crippen LogP contribution in [0.25, 0.3) is 0 Å². The number of ether oxygens (including phenoxy) is 1. The topological polar surface area (TPSA) is 72.3 Å². The Kier molecular flexibility index (Phi) is 7.36. The van der Waals surface area contributed by atoms with Crippen LogP contribution in [0.3, 0.4) is 0 Å². The van der Waals surface area contributed by atoms with E-state index in [1.807, 2.05) is 31.2 Å². The highest BCUT2D eigenvalue weighted by molar-refractivity contribution is 9.10. The molecule has 0 spiro atoms. The molecular weight excluding hydrogens is 442 g/mol. The van der Waals surface area contributed by atoms with Crippen LogP contribution in [-0.4, -0.2) is 52.2 Å². The first-order valence-corrected chi connectivity index (χ1v) is 11.1. The second-order valence-corrected chi connectivity index (χ2v) is 9.37. The van der Waals surface area contributed by atoms with Gasteiger partial charge in [-0.05, 0) is 37.1 Å². The number of benzene rings is 1. The summed E-state index contributed by atoms with van der Waals surface area (Å²) >= 11 is 4.84. The zero-order valence-corrected chi connectivity index (χ0v) is 18.8. The fraction of sp³-hybridized carbons (Fsp3) is 0.526. The van der Waals surface area contributed by atoms with E-state index in [-0.39, 0.29) is 11.2 Å². The van der Waals surface area contributed by atoms with Crippen molar-refractivity contribution in [1.29, 1.82) is 0 Å². The predicted molar refractivity (Wildman–Crippen MR) is 116 cm³/mol. The highest BCUT2D eigenvalue weighted by Gasteiger charge is 2.24. The van der Waals surface area contributed by atoms with E-state index in [9.17, 15) is 4.79 Å². The fourth-order valence-corrected chi connectivity index (χ4v) is 4.00. The number of thioether (sulfide) groups is 1. The van der Waals surface area contributed by atoms with Crippen molar-refractivity contribution in [2.45, 2.75) is 37.7 Å². The number of carbonyl (C=O) groups excluding carboxylic acids is 1. The minimum atomic E-state index is -0.295. The van der Waals surface area contributed by atoms with Gasteiger partial charge in [-0.2, -0.15) is 0 Å². The van der Waals surface area contributed by atoms with Crippen LogP contribution in [0.15, 0.2) is 33.9 Å². The van der Waals surface area contributed by atoms with Crippen molar-refractivity contribution >= 4 is 45.2 Å². The summed E-state index contributed by atoms with van der Waals surface area (Å²) in [5.41, 5.74) is 0.776. The average molecular weight is 468 g/mol. The second kappa shape index (κ2) is 9.76. The SMILES string of the molecule is CC(C)Cn1c(SC(C)C(=O)Nc2ccc(Br)cc2)nnc1N1CCOCC1. The smallest absolute Gasteiger partial charge is 0.237 e. The Labute approximate surface area is 178 Å². The molecule has 1 unspecified atom stereocenters. The zero-order chi connectivity index (χ0) is 20.1. The van der Waals surface area contributed by atoms with Gasteiger partial charge in [0.15, 0.2) is 5.16 Å². The second-order valence-electron chi connectivity index (χ2n) is 7.14. The fourth-order valence-electron chi connectivity index (χ4n) is 2.88. The van der Waals surface area contributed by atoms with Gasteiger partial charge in [-0.3, -0.25) is 9.36 Å². The average Bonchev–Trinajstić information content (AvgIpc) is 3.06. The lowest BCUT2D eigenvalue weighted by Gasteiger charge is -2.28. The predicted octanol–water partition coefficient (Wildman–Crippen LogP) is 3.65. The summed E-state index contributed by atoms with van der Waals surface area (Å²) in [4.78, 5) is 14.8. The number of carbonyl (C=O) groups is 1. The minimum absolute atomic E-state index is 0.0562. The number of halogens is 1. The van der Waals surface area contributed by atoms with Crippen LogP contribution in [0.5, 0.6) is 0 Å². The number of hydrogen-bond donors (Lipinski definition) is 1. The summed E-state index contributed by atoms with van der Waals surface area (Å²) < 4.78 is 8.55. The van der Waals surface area contributed by atoms with E-state index in [0.717, 1.165) is 40.9 Å². The highest BCUT2D eigenvalue weighted by atomic mass is 79.9. The molecule has 1 saturated heterocycles. The molecule has 1 amide bonds. The van der Waals surface area contributed by atoms with Crippen LogP contribution in [0, 0.1) is 5.92 Å². The monoisotopic (exact) mass is 467 g/mol. The van der Waals surface area contributed by atoms with Gasteiger partial charge < -0.3 is 15.0 Å². The molecule has 1 fully saturated rings. The zero-order valence-electron chi connectivity index (χ0n) is 16.4. The number of hydrogen-bond acceptors (Lipinski definition) is 6. The van der Waals surface area contributed by atoms with Gasteiger partial charge in [0, 0.05) is 29.8 Å². The molecule has 0 bridgehead atoms. The van der Waals surface area contributed by atoms with Gasteiger partial charge in [0.1, 0.15) is 0 Å². The van der Waals surface area contributed by atoms with Crippen molar-refractivity contribution in [2.75, 3.05) is 36.5 Å². The maximum absolute atomic E-state index is 12.6. The summed E-state index contributed by atoms with van der Waals surface area (Å²) in [6, 6.07) is 7.55. The number of aromatic nitrogens is 3. The van der Waals surface area contributed by atoms with Crippen LogP contribution < -0.4 is 10.2 Å². The molecule has 0 saturated carbocycles. The van der Waals surface area contributed by atoms with Crippen molar-refractivity contribution in [3.8, 4) is 0 Å². The van der Waals surface area contributed by atoms with E-state index in [4.69, 9.17) is 4.74 Å². The molecular formula is C19H26BrN5O2S. The lowest BCUT2D eigenvalue weighted by molar-refractivity contribution is -0.115. The Morgan fingerprint density at radius 3 is 2.54 bits per heavy atom. The maximum atomic E-state index is 12.6. The molecule has 1 atom stereocenters. The number of morpholine rings is 1. The highest BCUT2D eigenvalue weighted by Crippen LogP contribution is 2.28. The number of nitrogens with one attached hydrogen (secondary N) is 1. The van der Waals surface area contributed by atoms with Crippen LogP contribution in [-0.2, 0) is 16.1 Å². The van der Waals surface area contributed by atoms with Crippen molar-refractivity contribution in [3.05, 3.63) is 28.7 Å². The third kappa shape index (κ3) is 5.48. The van der Waals surface area contributed by atoms with Crippen LogP contribution >= 0.6 is 27.7 Å². The maximum Gasteiger partial charge on any atom is 0.237 e. The number of nitrogens with zero attached hydrogens (tertiary/aromatic N) is 4. The third-order valence-electron chi connectivity index (χ3n) is 4.30. The Morgan fingerprint density at radius 2 is 1.89 bits per heavy atom. The molecule has 152 valence electrons. The lowest BCUT2D eigenvalue weighted by Crippen LogP contribution is -2.38. The molecule has 1 aromatic heterocycles. The minimum Gasteiger partial charge on any atom is -0.378 e. The number of amides is 1. The Bertz CT molecular complexity index is 790. The van der Waals surface area contributed by atoms with Gasteiger partial charge in [-0.15, -0.1) is 10.2 Å². The van der Waals surface area contributed by atoms with Crippen molar-refractivity contribution < 1.29 is 9.53 Å². The van der Waals surface area contributed by atoms with Crippen molar-refractivity contribution in [2.24, 2.45) is 5.92 Å². The van der Waals surface area contributed by atoms with E-state index >= 15 is 0 Å². The molecule has 2 heterocycles. The summed E-state index contributed by atoms with van der Waals surface area (Å²) in [6.45, 7) is 10.0. The van der Waals surface area contributed by atoms with Crippen LogP contribution in [0.1, 0.15) is 20.8 Å². The molecule has 1 aliphatic heterocycles. The quantitative estimate of drug-likeness (QED) is 0.626. The Hall–Kier alpha value is -1.58. The lowest BCUT2D eigenvalue weighted by atomic mass is 10.2. The molecule has 1 aromatic carbocycles. The van der Waals surface area contributed by atoms with Crippen molar-refractivity contribution in [3.63, 3.8) is 0 Å². The third-order valence-corrected chi connectivity index (χ3v) is 5.91. The van der Waals surface area contributed by atoms with Gasteiger partial charge in [0.25, 0.3) is 0 Å². The van der Waals surface area contributed by atoms with E-state index in [1.165, 1.54) is 11.8 Å². The first kappa shape index (κ1) is 21.1. The molecule has 3 rings (SSSR count). The van der Waals surface area contributed by atoms with Crippen LogP contribution in [0.2, 0.25) is 0 Å². The number of rotatable bonds is 7. The molecule has 9 heteroatoms. The molecule has 0 radical (unpaired) electrons. The summed E-state index contributed by atoms with van der Waals surface area (Å²) in [7, 11) is 0. The van der Waals surface area contributed by atoms with E-state index < -0.39 is 0 Å². The van der Waals surface area contributed by atoms with Gasteiger partial charge in [0.2, 0.25) is 11.9 Å². The van der Waals surface area contributed by atoms with Gasteiger partial charge in [-0.25, -0.2) is 0 Å². The van der Waals surface area contributed by atoms with E-state index in [2.05, 4.69) is 54.8 Å². The molecule has 1 aliphatic rings. The van der Waals surface area contributed by atoms with Gasteiger partial charge >= 0.3 is 0 Å². The summed E-state index contributed by atoms with van der Waals surface area (Å²) in [6.07, 6.45) is 0.